The lowest BCUT2D eigenvalue weighted by atomic mass is 9.79. The molecule has 1 saturated heterocycles. The summed E-state index contributed by atoms with van der Waals surface area (Å²) < 4.78 is 12.4. The number of esters is 1. The maximum Gasteiger partial charge on any atom is 0.315 e. The van der Waals surface area contributed by atoms with E-state index in [0.717, 1.165) is 29.5 Å². The summed E-state index contributed by atoms with van der Waals surface area (Å²) in [4.78, 5) is 12.5. The molecule has 0 radical (unpaired) electrons. The Bertz CT molecular complexity index is 1090. The van der Waals surface area contributed by atoms with Crippen molar-refractivity contribution in [1.82, 2.24) is 0 Å². The summed E-state index contributed by atoms with van der Waals surface area (Å²) >= 11 is 0. The van der Waals surface area contributed by atoms with Crippen molar-refractivity contribution >= 4 is 5.97 Å². The van der Waals surface area contributed by atoms with Crippen molar-refractivity contribution in [3.05, 3.63) is 144 Å². The van der Waals surface area contributed by atoms with Crippen LogP contribution in [0.15, 0.2) is 121 Å². The topological polar surface area (TPSA) is 35.5 Å². The summed E-state index contributed by atoms with van der Waals surface area (Å²) in [5.74, 6) is -0.458. The summed E-state index contributed by atoms with van der Waals surface area (Å²) in [6.07, 6.45) is 1.53. The Morgan fingerprint density at radius 3 is 1.53 bits per heavy atom. The molecule has 2 atom stereocenters. The number of ether oxygens (including phenoxy) is 2. The Hall–Kier alpha value is -3.69. The number of hydrogen-bond donors (Lipinski definition) is 0. The van der Waals surface area contributed by atoms with Gasteiger partial charge in [-0.1, -0.05) is 121 Å². The van der Waals surface area contributed by atoms with Crippen LogP contribution in [0, 0.1) is 5.92 Å². The van der Waals surface area contributed by atoms with Crippen molar-refractivity contribution < 1.29 is 14.3 Å². The summed E-state index contributed by atoms with van der Waals surface area (Å²) in [7, 11) is 0. The first-order valence-electron chi connectivity index (χ1n) is 11.8. The van der Waals surface area contributed by atoms with Crippen molar-refractivity contribution in [2.45, 2.75) is 24.5 Å². The van der Waals surface area contributed by atoms with Gasteiger partial charge in [-0.05, 0) is 35.1 Å². The van der Waals surface area contributed by atoms with Crippen molar-refractivity contribution in [1.29, 1.82) is 0 Å². The van der Waals surface area contributed by atoms with E-state index in [9.17, 15) is 4.79 Å². The Morgan fingerprint density at radius 2 is 1.09 bits per heavy atom. The van der Waals surface area contributed by atoms with Gasteiger partial charge < -0.3 is 9.47 Å². The second-order valence-corrected chi connectivity index (χ2v) is 8.70. The molecule has 1 aliphatic heterocycles. The van der Waals surface area contributed by atoms with Crippen LogP contribution < -0.4 is 0 Å². The minimum atomic E-state index is -0.830. The van der Waals surface area contributed by atoms with E-state index >= 15 is 0 Å². The highest BCUT2D eigenvalue weighted by Crippen LogP contribution is 2.41. The average Bonchev–Trinajstić information content (AvgIpc) is 2.91. The highest BCUT2D eigenvalue weighted by atomic mass is 16.6. The number of rotatable bonds is 9. The predicted octanol–water partition coefficient (Wildman–Crippen LogP) is 6.17. The van der Waals surface area contributed by atoms with Gasteiger partial charge in [0, 0.05) is 0 Å². The maximum atomic E-state index is 12.5. The van der Waals surface area contributed by atoms with Gasteiger partial charge in [0.1, 0.15) is 17.6 Å². The van der Waals surface area contributed by atoms with E-state index < -0.39 is 5.60 Å². The van der Waals surface area contributed by atoms with E-state index in [4.69, 9.17) is 9.47 Å². The third-order valence-corrected chi connectivity index (χ3v) is 6.60. The van der Waals surface area contributed by atoms with Gasteiger partial charge >= 0.3 is 5.97 Å². The van der Waals surface area contributed by atoms with Gasteiger partial charge in [0.05, 0.1) is 6.61 Å². The molecule has 0 aromatic heterocycles. The zero-order valence-corrected chi connectivity index (χ0v) is 19.0. The second kappa shape index (κ2) is 10.1. The van der Waals surface area contributed by atoms with E-state index in [0.29, 0.717) is 0 Å². The lowest BCUT2D eigenvalue weighted by Crippen LogP contribution is -2.49. The lowest BCUT2D eigenvalue weighted by molar-refractivity contribution is -0.194. The van der Waals surface area contributed by atoms with E-state index in [2.05, 4.69) is 48.5 Å². The van der Waals surface area contributed by atoms with Crippen LogP contribution in [0.3, 0.4) is 0 Å². The van der Waals surface area contributed by atoms with Gasteiger partial charge in [-0.15, -0.1) is 0 Å². The van der Waals surface area contributed by atoms with Crippen LogP contribution in [0.1, 0.15) is 28.7 Å². The van der Waals surface area contributed by atoms with Gasteiger partial charge in [-0.25, -0.2) is 0 Å². The fraction of sp³-hybridized carbons (Fsp3) is 0.194. The van der Waals surface area contributed by atoms with Gasteiger partial charge in [-0.3, -0.25) is 4.79 Å². The molecule has 0 spiro atoms. The third kappa shape index (κ3) is 4.40. The number of hydrogen-bond acceptors (Lipinski definition) is 3. The number of carbonyl (C=O) groups is 1. The van der Waals surface area contributed by atoms with Crippen LogP contribution in [0.5, 0.6) is 0 Å². The molecule has 0 amide bonds. The van der Waals surface area contributed by atoms with Crippen LogP contribution in [0.4, 0.5) is 0 Å². The fourth-order valence-corrected chi connectivity index (χ4v) is 4.77. The minimum absolute atomic E-state index is 0.132. The van der Waals surface area contributed by atoms with Gasteiger partial charge in [0.2, 0.25) is 0 Å². The largest absolute Gasteiger partial charge is 0.461 e. The Morgan fingerprint density at radius 1 is 0.647 bits per heavy atom. The summed E-state index contributed by atoms with van der Waals surface area (Å²) in [5.41, 5.74) is 3.50. The first-order valence-corrected chi connectivity index (χ1v) is 11.8. The minimum Gasteiger partial charge on any atom is -0.461 e. The fourth-order valence-electron chi connectivity index (χ4n) is 4.77. The molecule has 3 heteroatoms. The standard InChI is InChI=1S/C31H28O3/c32-30-28(29(34-30)22-21-24-13-5-1-6-14-24)23-33-31(25-15-7-2-8-16-25,26-17-9-3-10-18-26)27-19-11-4-12-20-27/h1-20,28-29H,21-23H2/t28-,29-/m0/s1. The summed E-state index contributed by atoms with van der Waals surface area (Å²) in [6.45, 7) is 0.289. The second-order valence-electron chi connectivity index (χ2n) is 8.70. The SMILES string of the molecule is O=C1O[C@@H](CCc2ccccc2)[C@@H]1COC(c1ccccc1)(c1ccccc1)c1ccccc1. The van der Waals surface area contributed by atoms with Crippen molar-refractivity contribution in [3.8, 4) is 0 Å². The molecule has 0 bridgehead atoms. The molecule has 170 valence electrons. The Balaban J connectivity index is 1.45. The van der Waals surface area contributed by atoms with Crippen LogP contribution >= 0.6 is 0 Å². The van der Waals surface area contributed by atoms with E-state index in [1.165, 1.54) is 5.56 Å². The van der Waals surface area contributed by atoms with Gasteiger partial charge in [0.15, 0.2) is 0 Å². The number of carbonyl (C=O) groups excluding carboxylic acids is 1. The molecule has 4 aromatic rings. The lowest BCUT2D eigenvalue weighted by Gasteiger charge is -2.40. The smallest absolute Gasteiger partial charge is 0.315 e. The Kier molecular flexibility index (Phi) is 6.55. The van der Waals surface area contributed by atoms with E-state index in [1.807, 2.05) is 72.8 Å². The molecule has 1 fully saturated rings. The number of cyclic esters (lactones) is 1. The van der Waals surface area contributed by atoms with E-state index in [1.54, 1.807) is 0 Å². The van der Waals surface area contributed by atoms with Crippen LogP contribution in [0.25, 0.3) is 0 Å². The third-order valence-electron chi connectivity index (χ3n) is 6.60. The predicted molar refractivity (Wildman–Crippen MR) is 133 cm³/mol. The number of benzene rings is 4. The molecule has 5 rings (SSSR count). The zero-order valence-electron chi connectivity index (χ0n) is 19.0. The molecular weight excluding hydrogens is 420 g/mol. The van der Waals surface area contributed by atoms with Crippen molar-refractivity contribution in [3.63, 3.8) is 0 Å². The quantitative estimate of drug-likeness (QED) is 0.227. The first kappa shape index (κ1) is 22.1. The molecule has 34 heavy (non-hydrogen) atoms. The summed E-state index contributed by atoms with van der Waals surface area (Å²) in [5, 5.41) is 0. The van der Waals surface area contributed by atoms with Crippen molar-refractivity contribution in [2.75, 3.05) is 6.61 Å². The van der Waals surface area contributed by atoms with Gasteiger partial charge in [-0.2, -0.15) is 0 Å². The van der Waals surface area contributed by atoms with Gasteiger partial charge in [0.25, 0.3) is 0 Å². The molecule has 4 aromatic carbocycles. The molecule has 1 aliphatic rings. The van der Waals surface area contributed by atoms with Crippen LogP contribution in [-0.2, 0) is 26.3 Å². The van der Waals surface area contributed by atoms with Crippen molar-refractivity contribution in [2.24, 2.45) is 5.92 Å². The highest BCUT2D eigenvalue weighted by Gasteiger charge is 2.45. The van der Waals surface area contributed by atoms with Crippen LogP contribution in [-0.4, -0.2) is 18.7 Å². The Labute approximate surface area is 201 Å². The van der Waals surface area contributed by atoms with E-state index in [-0.39, 0.29) is 24.6 Å². The monoisotopic (exact) mass is 448 g/mol. The summed E-state index contributed by atoms with van der Waals surface area (Å²) in [6, 6.07) is 41.0. The molecular formula is C31H28O3. The zero-order chi connectivity index (χ0) is 23.2. The first-order chi connectivity index (χ1) is 16.8. The molecule has 0 saturated carbocycles. The van der Waals surface area contributed by atoms with Crippen LogP contribution in [0.2, 0.25) is 0 Å². The molecule has 0 aliphatic carbocycles. The molecule has 0 unspecified atom stereocenters. The average molecular weight is 449 g/mol. The normalized spacial score (nSPS) is 17.6. The highest BCUT2D eigenvalue weighted by molar-refractivity contribution is 5.78. The molecule has 0 N–H and O–H groups in total. The number of aryl methyl sites for hydroxylation is 1. The molecule has 3 nitrogen and oxygen atoms in total. The molecule has 1 heterocycles. The maximum absolute atomic E-state index is 12.5.